The third-order valence-electron chi connectivity index (χ3n) is 6.02. The first-order chi connectivity index (χ1) is 18.0. The fraction of sp³-hybridized carbons (Fsp3) is 0.310. The van der Waals surface area contributed by atoms with Crippen LogP contribution in [0.15, 0.2) is 83.8 Å². The summed E-state index contributed by atoms with van der Waals surface area (Å²) in [6, 6.07) is 19.5. The van der Waals surface area contributed by atoms with Crippen molar-refractivity contribution in [2.45, 2.75) is 57.6 Å². The van der Waals surface area contributed by atoms with Crippen molar-refractivity contribution in [3.8, 4) is 0 Å². The molecule has 0 aromatic heterocycles. The Kier molecular flexibility index (Phi) is 9.63. The van der Waals surface area contributed by atoms with Gasteiger partial charge in [-0.15, -0.1) is 0 Å². The fourth-order valence-electron chi connectivity index (χ4n) is 4.05. The van der Waals surface area contributed by atoms with E-state index < -0.39 is 34.3 Å². The van der Waals surface area contributed by atoms with E-state index in [4.69, 9.17) is 0 Å². The number of nitrogens with one attached hydrogen (secondary N) is 1. The van der Waals surface area contributed by atoms with Gasteiger partial charge in [0.2, 0.25) is 11.8 Å². The van der Waals surface area contributed by atoms with Crippen molar-refractivity contribution in [2.75, 3.05) is 10.8 Å². The van der Waals surface area contributed by atoms with Crippen LogP contribution in [-0.2, 0) is 26.2 Å². The van der Waals surface area contributed by atoms with Gasteiger partial charge in [0.1, 0.15) is 18.4 Å². The number of anilines is 1. The number of sulfonamides is 1. The normalized spacial score (nSPS) is 12.2. The van der Waals surface area contributed by atoms with Gasteiger partial charge in [0.25, 0.3) is 10.0 Å². The molecule has 0 bridgehead atoms. The van der Waals surface area contributed by atoms with Crippen LogP contribution in [0.2, 0.25) is 0 Å². The Bertz CT molecular complexity index is 1330. The topological polar surface area (TPSA) is 86.8 Å². The number of benzene rings is 3. The van der Waals surface area contributed by atoms with Crippen LogP contribution in [0.25, 0.3) is 0 Å². The molecule has 202 valence electrons. The van der Waals surface area contributed by atoms with Crippen molar-refractivity contribution in [3.05, 3.63) is 95.8 Å². The molecule has 9 heteroatoms. The van der Waals surface area contributed by atoms with Crippen molar-refractivity contribution in [3.63, 3.8) is 0 Å². The number of hydrogen-bond donors (Lipinski definition) is 1. The number of carbonyl (C=O) groups is 2. The second-order valence-corrected chi connectivity index (χ2v) is 11.3. The molecule has 0 heterocycles. The summed E-state index contributed by atoms with van der Waals surface area (Å²) in [7, 11) is -4.24. The highest BCUT2D eigenvalue weighted by atomic mass is 32.2. The largest absolute Gasteiger partial charge is 0.352 e. The number of nitrogens with zero attached hydrogens (tertiary/aromatic N) is 2. The Morgan fingerprint density at radius 3 is 2.08 bits per heavy atom. The minimum atomic E-state index is -4.24. The molecule has 7 nitrogen and oxygen atoms in total. The third-order valence-corrected chi connectivity index (χ3v) is 7.80. The Morgan fingerprint density at radius 2 is 1.53 bits per heavy atom. The molecule has 38 heavy (non-hydrogen) atoms. The molecule has 1 atom stereocenters. The van der Waals surface area contributed by atoms with Gasteiger partial charge in [0.05, 0.1) is 10.6 Å². The first-order valence-corrected chi connectivity index (χ1v) is 14.0. The number of hydrogen-bond acceptors (Lipinski definition) is 4. The Balaban J connectivity index is 2.04. The number of amides is 2. The molecule has 0 radical (unpaired) electrons. The second kappa shape index (κ2) is 12.7. The third kappa shape index (κ3) is 7.19. The summed E-state index contributed by atoms with van der Waals surface area (Å²) in [5.74, 6) is -1.42. The van der Waals surface area contributed by atoms with Crippen LogP contribution in [0.5, 0.6) is 0 Å². The summed E-state index contributed by atoms with van der Waals surface area (Å²) in [5, 5.41) is 2.87. The summed E-state index contributed by atoms with van der Waals surface area (Å²) in [6.45, 7) is 6.94. The lowest BCUT2D eigenvalue weighted by atomic mass is 10.1. The van der Waals surface area contributed by atoms with Gasteiger partial charge in [-0.3, -0.25) is 13.9 Å². The quantitative estimate of drug-likeness (QED) is 0.384. The van der Waals surface area contributed by atoms with Crippen LogP contribution in [0, 0.1) is 12.7 Å². The predicted molar refractivity (Wildman–Crippen MR) is 146 cm³/mol. The molecule has 0 aliphatic heterocycles. The lowest BCUT2D eigenvalue weighted by Crippen LogP contribution is -2.53. The van der Waals surface area contributed by atoms with Crippen LogP contribution in [-0.4, -0.2) is 43.8 Å². The highest BCUT2D eigenvalue weighted by Crippen LogP contribution is 2.25. The molecule has 1 N–H and O–H groups in total. The average molecular weight is 540 g/mol. The number of halogens is 1. The zero-order valence-corrected chi connectivity index (χ0v) is 22.9. The number of carbonyl (C=O) groups excluding carboxylic acids is 2. The predicted octanol–water partition coefficient (Wildman–Crippen LogP) is 4.66. The van der Waals surface area contributed by atoms with Crippen LogP contribution in [0.4, 0.5) is 10.1 Å². The molecular formula is C29H34FN3O4S. The first kappa shape index (κ1) is 28.8. The van der Waals surface area contributed by atoms with Gasteiger partial charge in [-0.05, 0) is 69.2 Å². The van der Waals surface area contributed by atoms with Gasteiger partial charge >= 0.3 is 0 Å². The van der Waals surface area contributed by atoms with E-state index in [0.717, 1.165) is 27.6 Å². The van der Waals surface area contributed by atoms with Crippen molar-refractivity contribution >= 4 is 27.5 Å². The Labute approximate surface area is 224 Å². The summed E-state index contributed by atoms with van der Waals surface area (Å²) >= 11 is 0. The number of aryl methyl sites for hydroxylation is 1. The fourth-order valence-corrected chi connectivity index (χ4v) is 5.47. The van der Waals surface area contributed by atoms with Gasteiger partial charge < -0.3 is 10.2 Å². The van der Waals surface area contributed by atoms with E-state index in [-0.39, 0.29) is 29.1 Å². The molecular weight excluding hydrogens is 505 g/mol. The summed E-state index contributed by atoms with van der Waals surface area (Å²) in [5.41, 5.74) is 2.01. The van der Waals surface area contributed by atoms with Gasteiger partial charge in [-0.25, -0.2) is 12.8 Å². The van der Waals surface area contributed by atoms with Crippen molar-refractivity contribution in [2.24, 2.45) is 0 Å². The molecule has 0 unspecified atom stereocenters. The minimum absolute atomic E-state index is 0.127. The maximum Gasteiger partial charge on any atom is 0.264 e. The molecule has 0 aliphatic carbocycles. The maximum absolute atomic E-state index is 13.9. The Hall–Kier alpha value is -3.72. The first-order valence-electron chi connectivity index (χ1n) is 12.5. The lowest BCUT2D eigenvalue weighted by Gasteiger charge is -2.33. The van der Waals surface area contributed by atoms with E-state index in [9.17, 15) is 22.4 Å². The zero-order valence-electron chi connectivity index (χ0n) is 22.1. The summed E-state index contributed by atoms with van der Waals surface area (Å²) < 4.78 is 42.0. The van der Waals surface area contributed by atoms with E-state index in [2.05, 4.69) is 5.32 Å². The van der Waals surface area contributed by atoms with Gasteiger partial charge in [-0.2, -0.15) is 0 Å². The van der Waals surface area contributed by atoms with Gasteiger partial charge in [0, 0.05) is 12.6 Å². The molecule has 0 saturated heterocycles. The van der Waals surface area contributed by atoms with Crippen LogP contribution >= 0.6 is 0 Å². The highest BCUT2D eigenvalue weighted by molar-refractivity contribution is 7.92. The molecule has 0 saturated carbocycles. The van der Waals surface area contributed by atoms with E-state index in [1.54, 1.807) is 24.3 Å². The van der Waals surface area contributed by atoms with E-state index in [1.807, 2.05) is 58.0 Å². The standard InChI is InChI=1S/C29H34FN3O4S/c1-5-27(29(35)31-21(2)3)32(19-23-9-7-6-8-10-23)28(34)20-33(25-15-11-22(4)12-16-25)38(36,37)26-17-13-24(30)14-18-26/h6-18,21,27H,5,19-20H2,1-4H3,(H,31,35)/t27-/m1/s1. The van der Waals surface area contributed by atoms with Gasteiger partial charge in [0.15, 0.2) is 0 Å². The smallest absolute Gasteiger partial charge is 0.264 e. The van der Waals surface area contributed by atoms with Gasteiger partial charge in [-0.1, -0.05) is 55.0 Å². The summed E-state index contributed by atoms with van der Waals surface area (Å²) in [6.07, 6.45) is 0.340. The molecule has 0 aliphatic rings. The van der Waals surface area contributed by atoms with Crippen molar-refractivity contribution in [1.29, 1.82) is 0 Å². The van der Waals surface area contributed by atoms with Crippen LogP contribution < -0.4 is 9.62 Å². The van der Waals surface area contributed by atoms with Crippen LogP contribution in [0.3, 0.4) is 0 Å². The monoisotopic (exact) mass is 539 g/mol. The van der Waals surface area contributed by atoms with E-state index >= 15 is 0 Å². The molecule has 3 aromatic rings. The van der Waals surface area contributed by atoms with Crippen molar-refractivity contribution < 1.29 is 22.4 Å². The average Bonchev–Trinajstić information content (AvgIpc) is 2.88. The zero-order chi connectivity index (χ0) is 27.9. The highest BCUT2D eigenvalue weighted by Gasteiger charge is 2.33. The summed E-state index contributed by atoms with van der Waals surface area (Å²) in [4.78, 5) is 28.3. The molecule has 0 spiro atoms. The molecule has 2 amide bonds. The van der Waals surface area contributed by atoms with E-state index in [0.29, 0.717) is 6.42 Å². The minimum Gasteiger partial charge on any atom is -0.352 e. The lowest BCUT2D eigenvalue weighted by molar-refractivity contribution is -0.140. The molecule has 3 rings (SSSR count). The van der Waals surface area contributed by atoms with Crippen molar-refractivity contribution in [1.82, 2.24) is 10.2 Å². The number of rotatable bonds is 11. The SMILES string of the molecule is CC[C@H](C(=O)NC(C)C)N(Cc1ccccc1)C(=O)CN(c1ccc(C)cc1)S(=O)(=O)c1ccc(F)cc1. The molecule has 3 aromatic carbocycles. The van der Waals surface area contributed by atoms with E-state index in [1.165, 1.54) is 17.0 Å². The molecule has 0 fully saturated rings. The van der Waals surface area contributed by atoms with Crippen LogP contribution in [0.1, 0.15) is 38.3 Å². The maximum atomic E-state index is 13.9. The second-order valence-electron chi connectivity index (χ2n) is 9.40. The Morgan fingerprint density at radius 1 is 0.921 bits per heavy atom.